The molecule has 0 radical (unpaired) electrons. The van der Waals surface area contributed by atoms with Crippen molar-refractivity contribution in [1.82, 2.24) is 0 Å². The van der Waals surface area contributed by atoms with Crippen LogP contribution in [0, 0.1) is 5.92 Å². The number of amides is 1. The van der Waals surface area contributed by atoms with Crippen LogP contribution < -0.4 is 5.32 Å². The highest BCUT2D eigenvalue weighted by molar-refractivity contribution is 6.30. The molecule has 0 saturated carbocycles. The van der Waals surface area contributed by atoms with Crippen LogP contribution in [0.2, 0.25) is 5.02 Å². The minimum atomic E-state index is -0.553. The molecular formula is C14H14ClNO4. The van der Waals surface area contributed by atoms with Gasteiger partial charge in [0, 0.05) is 22.2 Å². The third-order valence-corrected chi connectivity index (χ3v) is 3.21. The Bertz CT molecular complexity index is 526. The topological polar surface area (TPSA) is 64.6 Å². The number of benzene rings is 1. The Labute approximate surface area is 121 Å². The molecular weight excluding hydrogens is 282 g/mol. The molecule has 1 amide bonds. The first-order valence-corrected chi connectivity index (χ1v) is 6.49. The molecule has 1 aromatic carbocycles. The number of carbonyl (C=O) groups excluding carboxylic acids is 2. The summed E-state index contributed by atoms with van der Waals surface area (Å²) >= 11 is 5.74. The van der Waals surface area contributed by atoms with Crippen molar-refractivity contribution in [2.24, 2.45) is 5.92 Å². The third kappa shape index (κ3) is 3.74. The number of hydrogen-bond donors (Lipinski definition) is 1. The van der Waals surface area contributed by atoms with Crippen molar-refractivity contribution >= 4 is 29.4 Å². The monoisotopic (exact) mass is 295 g/mol. The first-order valence-electron chi connectivity index (χ1n) is 6.11. The molecule has 1 N–H and O–H groups in total. The fraction of sp³-hybridized carbons (Fsp3) is 0.286. The minimum Gasteiger partial charge on any atom is -0.462 e. The maximum atomic E-state index is 11.5. The summed E-state index contributed by atoms with van der Waals surface area (Å²) in [7, 11) is 0. The quantitative estimate of drug-likeness (QED) is 0.685. The summed E-state index contributed by atoms with van der Waals surface area (Å²) in [4.78, 5) is 22.6. The van der Waals surface area contributed by atoms with E-state index in [1.165, 1.54) is 0 Å². The smallest absolute Gasteiger partial charge is 0.411 e. The van der Waals surface area contributed by atoms with Gasteiger partial charge in [0.15, 0.2) is 0 Å². The molecule has 1 atom stereocenters. The summed E-state index contributed by atoms with van der Waals surface area (Å²) < 4.78 is 9.87. The Morgan fingerprint density at radius 2 is 2.15 bits per heavy atom. The molecule has 1 aliphatic rings. The second-order valence-electron chi connectivity index (χ2n) is 4.38. The lowest BCUT2D eigenvalue weighted by molar-refractivity contribution is -0.135. The molecule has 1 fully saturated rings. The zero-order chi connectivity index (χ0) is 14.5. The fourth-order valence-corrected chi connectivity index (χ4v) is 1.90. The van der Waals surface area contributed by atoms with Crippen molar-refractivity contribution < 1.29 is 19.1 Å². The number of halogens is 1. The Balaban J connectivity index is 1.71. The molecule has 106 valence electrons. The van der Waals surface area contributed by atoms with E-state index in [0.717, 1.165) is 0 Å². The van der Waals surface area contributed by atoms with E-state index in [2.05, 4.69) is 11.9 Å². The number of anilines is 1. The van der Waals surface area contributed by atoms with Gasteiger partial charge in [-0.3, -0.25) is 5.32 Å². The van der Waals surface area contributed by atoms with E-state index in [4.69, 9.17) is 21.1 Å². The average molecular weight is 296 g/mol. The molecule has 1 aliphatic heterocycles. The molecule has 5 nitrogen and oxygen atoms in total. The van der Waals surface area contributed by atoms with Crippen LogP contribution in [-0.4, -0.2) is 25.3 Å². The van der Waals surface area contributed by atoms with Crippen LogP contribution in [0.25, 0.3) is 0 Å². The van der Waals surface area contributed by atoms with Crippen molar-refractivity contribution in [3.8, 4) is 0 Å². The lowest BCUT2D eigenvalue weighted by atomic mass is 10.0. The van der Waals surface area contributed by atoms with Gasteiger partial charge in [-0.2, -0.15) is 0 Å². The standard InChI is InChI=1S/C14H14ClNO4/c1-9-10(8-20-13(9)17)6-7-19-14(18)16-12-4-2-11(15)3-5-12/h2-5,10H,1,6-8H2,(H,16,18)/t10-/m1/s1. The molecule has 0 aliphatic carbocycles. The molecule has 0 spiro atoms. The van der Waals surface area contributed by atoms with E-state index < -0.39 is 6.09 Å². The van der Waals surface area contributed by atoms with Gasteiger partial charge in [0.25, 0.3) is 0 Å². The van der Waals surface area contributed by atoms with E-state index in [1.54, 1.807) is 24.3 Å². The second kappa shape index (κ2) is 6.43. The number of cyclic esters (lactones) is 1. The normalized spacial score (nSPS) is 17.8. The van der Waals surface area contributed by atoms with Gasteiger partial charge in [0.05, 0.1) is 13.2 Å². The molecule has 20 heavy (non-hydrogen) atoms. The van der Waals surface area contributed by atoms with E-state index in [1.807, 2.05) is 0 Å². The van der Waals surface area contributed by atoms with Gasteiger partial charge in [-0.25, -0.2) is 9.59 Å². The van der Waals surface area contributed by atoms with Crippen molar-refractivity contribution in [2.45, 2.75) is 6.42 Å². The molecule has 1 saturated heterocycles. The van der Waals surface area contributed by atoms with E-state index >= 15 is 0 Å². The highest BCUT2D eigenvalue weighted by Crippen LogP contribution is 2.22. The van der Waals surface area contributed by atoms with Gasteiger partial charge < -0.3 is 9.47 Å². The van der Waals surface area contributed by atoms with Crippen molar-refractivity contribution in [3.63, 3.8) is 0 Å². The Hall–Kier alpha value is -2.01. The summed E-state index contributed by atoms with van der Waals surface area (Å²) in [5, 5.41) is 3.17. The summed E-state index contributed by atoms with van der Waals surface area (Å²) in [5.41, 5.74) is 1.04. The summed E-state index contributed by atoms with van der Waals surface area (Å²) in [6.45, 7) is 4.15. The van der Waals surface area contributed by atoms with Crippen LogP contribution >= 0.6 is 11.6 Å². The van der Waals surface area contributed by atoms with Crippen LogP contribution in [0.3, 0.4) is 0 Å². The van der Waals surface area contributed by atoms with Crippen LogP contribution in [-0.2, 0) is 14.3 Å². The van der Waals surface area contributed by atoms with E-state index in [9.17, 15) is 9.59 Å². The molecule has 0 bridgehead atoms. The maximum Gasteiger partial charge on any atom is 0.411 e. The number of carbonyl (C=O) groups is 2. The molecule has 2 rings (SSSR count). The SMILES string of the molecule is C=C1C(=O)OC[C@H]1CCOC(=O)Nc1ccc(Cl)cc1. The summed E-state index contributed by atoms with van der Waals surface area (Å²) in [6, 6.07) is 6.69. The molecule has 0 aromatic heterocycles. The first-order chi connectivity index (χ1) is 9.56. The lowest BCUT2D eigenvalue weighted by Gasteiger charge is -2.09. The lowest BCUT2D eigenvalue weighted by Crippen LogP contribution is -2.16. The zero-order valence-corrected chi connectivity index (χ0v) is 11.5. The first kappa shape index (κ1) is 14.4. The highest BCUT2D eigenvalue weighted by atomic mass is 35.5. The van der Waals surface area contributed by atoms with Crippen LogP contribution in [0.5, 0.6) is 0 Å². The van der Waals surface area contributed by atoms with Crippen molar-refractivity contribution in [2.75, 3.05) is 18.5 Å². The Kier molecular flexibility index (Phi) is 4.63. The molecule has 6 heteroatoms. The molecule has 1 aromatic rings. The summed E-state index contributed by atoms with van der Waals surface area (Å²) in [6.07, 6.45) is -0.0401. The predicted molar refractivity (Wildman–Crippen MR) is 74.6 cm³/mol. The van der Waals surface area contributed by atoms with Gasteiger partial charge >= 0.3 is 12.1 Å². The minimum absolute atomic E-state index is 0.0779. The van der Waals surface area contributed by atoms with Gasteiger partial charge in [0.2, 0.25) is 0 Å². The van der Waals surface area contributed by atoms with Gasteiger partial charge in [0.1, 0.15) is 0 Å². The van der Waals surface area contributed by atoms with Gasteiger partial charge in [-0.15, -0.1) is 0 Å². The third-order valence-electron chi connectivity index (χ3n) is 2.96. The highest BCUT2D eigenvalue weighted by Gasteiger charge is 2.28. The molecule has 0 unspecified atom stereocenters. The maximum absolute atomic E-state index is 11.5. The number of esters is 1. The predicted octanol–water partition coefficient (Wildman–Crippen LogP) is 3.01. The van der Waals surface area contributed by atoms with Crippen LogP contribution in [0.15, 0.2) is 36.4 Å². The second-order valence-corrected chi connectivity index (χ2v) is 4.81. The number of rotatable bonds is 4. The van der Waals surface area contributed by atoms with Gasteiger partial charge in [-0.05, 0) is 30.7 Å². The largest absolute Gasteiger partial charge is 0.462 e. The van der Waals surface area contributed by atoms with Crippen LogP contribution in [0.1, 0.15) is 6.42 Å². The molecule has 1 heterocycles. The van der Waals surface area contributed by atoms with E-state index in [-0.39, 0.29) is 18.5 Å². The van der Waals surface area contributed by atoms with Crippen molar-refractivity contribution in [1.29, 1.82) is 0 Å². The van der Waals surface area contributed by atoms with Crippen molar-refractivity contribution in [3.05, 3.63) is 41.4 Å². The number of ether oxygens (including phenoxy) is 2. The Morgan fingerprint density at radius 3 is 2.75 bits per heavy atom. The van der Waals surface area contributed by atoms with Gasteiger partial charge in [-0.1, -0.05) is 18.2 Å². The number of nitrogens with one attached hydrogen (secondary N) is 1. The van der Waals surface area contributed by atoms with E-state index in [0.29, 0.717) is 29.3 Å². The average Bonchev–Trinajstić information content (AvgIpc) is 2.73. The zero-order valence-electron chi connectivity index (χ0n) is 10.7. The Morgan fingerprint density at radius 1 is 1.45 bits per heavy atom. The number of hydrogen-bond acceptors (Lipinski definition) is 4. The summed E-state index contributed by atoms with van der Waals surface area (Å²) in [5.74, 6) is -0.452. The fourth-order valence-electron chi connectivity index (χ4n) is 1.77. The van der Waals surface area contributed by atoms with Crippen LogP contribution in [0.4, 0.5) is 10.5 Å².